The Morgan fingerprint density at radius 2 is 2.29 bits per heavy atom. The lowest BCUT2D eigenvalue weighted by Crippen LogP contribution is -2.52. The van der Waals surface area contributed by atoms with Crippen LogP contribution in [0.3, 0.4) is 0 Å². The van der Waals surface area contributed by atoms with Crippen LogP contribution in [0.25, 0.3) is 0 Å². The number of carbonyl (C=O) groups excluding carboxylic acids is 1. The Bertz CT molecular complexity index is 517. The van der Waals surface area contributed by atoms with Crippen LogP contribution in [0.1, 0.15) is 38.2 Å². The Balaban J connectivity index is 2.01. The summed E-state index contributed by atoms with van der Waals surface area (Å²) in [7, 11) is 1.63. The van der Waals surface area contributed by atoms with Gasteiger partial charge in [0, 0.05) is 16.6 Å². The van der Waals surface area contributed by atoms with Crippen molar-refractivity contribution in [2.24, 2.45) is 11.7 Å². The molecule has 1 saturated carbocycles. The van der Waals surface area contributed by atoms with Crippen LogP contribution in [-0.4, -0.2) is 18.6 Å². The molecule has 0 bridgehead atoms. The number of carbonyl (C=O) groups is 1. The maximum absolute atomic E-state index is 12.4. The highest BCUT2D eigenvalue weighted by Gasteiger charge is 2.37. The number of hydrogen-bond donors (Lipinski definition) is 2. The van der Waals surface area contributed by atoms with Gasteiger partial charge < -0.3 is 15.8 Å². The van der Waals surface area contributed by atoms with Gasteiger partial charge in [0.2, 0.25) is 5.91 Å². The lowest BCUT2D eigenvalue weighted by atomic mass is 9.74. The molecule has 0 spiro atoms. The summed E-state index contributed by atoms with van der Waals surface area (Å²) in [4.78, 5) is 12.4. The van der Waals surface area contributed by atoms with Gasteiger partial charge in [-0.3, -0.25) is 4.79 Å². The van der Waals surface area contributed by atoms with Crippen molar-refractivity contribution in [1.82, 2.24) is 5.32 Å². The minimum atomic E-state index is -0.395. The van der Waals surface area contributed by atoms with E-state index in [-0.39, 0.29) is 11.8 Å². The van der Waals surface area contributed by atoms with Crippen molar-refractivity contribution in [1.29, 1.82) is 0 Å². The van der Waals surface area contributed by atoms with E-state index < -0.39 is 5.54 Å². The Hall–Kier alpha value is -1.07. The predicted octanol–water partition coefficient (Wildman–Crippen LogP) is 2.98. The molecule has 2 unspecified atom stereocenters. The normalized spacial score (nSPS) is 25.4. The fraction of sp³-hybridized carbons (Fsp3) is 0.562. The smallest absolute Gasteiger partial charge is 0.225 e. The Morgan fingerprint density at radius 3 is 2.95 bits per heavy atom. The van der Waals surface area contributed by atoms with Crippen LogP contribution < -0.4 is 15.8 Å². The Labute approximate surface area is 134 Å². The first-order valence-electron chi connectivity index (χ1n) is 7.33. The highest BCUT2D eigenvalue weighted by Crippen LogP contribution is 2.32. The average molecular weight is 355 g/mol. The van der Waals surface area contributed by atoms with Crippen LogP contribution in [0.4, 0.5) is 0 Å². The number of amides is 1. The molecule has 3 N–H and O–H groups in total. The van der Waals surface area contributed by atoms with Gasteiger partial charge in [-0.15, -0.1) is 0 Å². The van der Waals surface area contributed by atoms with Gasteiger partial charge in [0.25, 0.3) is 0 Å². The number of hydrogen-bond acceptors (Lipinski definition) is 3. The second kappa shape index (κ2) is 6.79. The summed E-state index contributed by atoms with van der Waals surface area (Å²) in [5.41, 5.74) is 6.88. The quantitative estimate of drug-likeness (QED) is 0.873. The summed E-state index contributed by atoms with van der Waals surface area (Å²) in [5, 5.41) is 3.01. The molecule has 5 heteroatoms. The van der Waals surface area contributed by atoms with Crippen LogP contribution in [-0.2, 0) is 11.3 Å². The maximum Gasteiger partial charge on any atom is 0.225 e. The van der Waals surface area contributed by atoms with Crippen LogP contribution in [0.15, 0.2) is 22.7 Å². The van der Waals surface area contributed by atoms with Crippen molar-refractivity contribution < 1.29 is 9.53 Å². The lowest BCUT2D eigenvalue weighted by Gasteiger charge is -2.37. The topological polar surface area (TPSA) is 64.3 Å². The molecule has 0 saturated heterocycles. The van der Waals surface area contributed by atoms with Crippen molar-refractivity contribution >= 4 is 21.8 Å². The van der Waals surface area contributed by atoms with Gasteiger partial charge in [0.1, 0.15) is 5.75 Å². The van der Waals surface area contributed by atoms with E-state index in [1.165, 1.54) is 0 Å². The number of halogens is 1. The molecule has 4 nitrogen and oxygen atoms in total. The summed E-state index contributed by atoms with van der Waals surface area (Å²) in [6.07, 6.45) is 3.97. The molecular formula is C16H23BrN2O2. The zero-order valence-electron chi connectivity index (χ0n) is 12.6. The van der Waals surface area contributed by atoms with Crippen LogP contribution in [0.2, 0.25) is 0 Å². The molecule has 116 valence electrons. The third kappa shape index (κ3) is 3.98. The summed E-state index contributed by atoms with van der Waals surface area (Å²) < 4.78 is 6.17. The molecule has 0 aliphatic heterocycles. The number of benzene rings is 1. The van der Waals surface area contributed by atoms with E-state index >= 15 is 0 Å². The number of ether oxygens (including phenoxy) is 1. The molecule has 1 aromatic carbocycles. The van der Waals surface area contributed by atoms with Crippen molar-refractivity contribution in [3.8, 4) is 5.75 Å². The minimum Gasteiger partial charge on any atom is -0.497 e. The van der Waals surface area contributed by atoms with Crippen molar-refractivity contribution in [2.75, 3.05) is 7.11 Å². The first-order chi connectivity index (χ1) is 9.94. The van der Waals surface area contributed by atoms with Gasteiger partial charge in [-0.2, -0.15) is 0 Å². The first kappa shape index (κ1) is 16.3. The number of rotatable bonds is 4. The predicted molar refractivity (Wildman–Crippen MR) is 87.1 cm³/mol. The number of methoxy groups -OCH3 is 1. The highest BCUT2D eigenvalue weighted by molar-refractivity contribution is 9.10. The van der Waals surface area contributed by atoms with E-state index in [2.05, 4.69) is 21.2 Å². The molecule has 21 heavy (non-hydrogen) atoms. The fourth-order valence-corrected chi connectivity index (χ4v) is 3.29. The molecule has 0 heterocycles. The van der Waals surface area contributed by atoms with Crippen LogP contribution in [0.5, 0.6) is 5.75 Å². The maximum atomic E-state index is 12.4. The molecule has 1 aliphatic rings. The third-order valence-corrected chi connectivity index (χ3v) is 5.05. The Morgan fingerprint density at radius 1 is 1.52 bits per heavy atom. The first-order valence-corrected chi connectivity index (χ1v) is 8.12. The van der Waals surface area contributed by atoms with Crippen molar-refractivity contribution in [2.45, 2.75) is 44.7 Å². The zero-order valence-corrected chi connectivity index (χ0v) is 14.2. The zero-order chi connectivity index (χ0) is 15.5. The van der Waals surface area contributed by atoms with Gasteiger partial charge in [0.15, 0.2) is 0 Å². The van der Waals surface area contributed by atoms with Gasteiger partial charge in [-0.25, -0.2) is 0 Å². The van der Waals surface area contributed by atoms with Crippen molar-refractivity contribution in [3.63, 3.8) is 0 Å². The van der Waals surface area contributed by atoms with Gasteiger partial charge in [0.05, 0.1) is 13.0 Å². The summed E-state index contributed by atoms with van der Waals surface area (Å²) in [6.45, 7) is 2.46. The SMILES string of the molecule is COc1ccc(Br)c(CNC(=O)C2CCCCC2(C)N)c1. The molecule has 1 amide bonds. The minimum absolute atomic E-state index is 0.0504. The lowest BCUT2D eigenvalue weighted by molar-refractivity contribution is -0.128. The highest BCUT2D eigenvalue weighted by atomic mass is 79.9. The molecule has 2 rings (SSSR count). The van der Waals surface area contributed by atoms with E-state index in [0.29, 0.717) is 6.54 Å². The summed E-state index contributed by atoms with van der Waals surface area (Å²) in [6, 6.07) is 5.73. The monoisotopic (exact) mass is 354 g/mol. The van der Waals surface area contributed by atoms with E-state index in [9.17, 15) is 4.79 Å². The molecule has 1 aromatic rings. The molecular weight excluding hydrogens is 332 g/mol. The molecule has 1 fully saturated rings. The Kier molecular flexibility index (Phi) is 5.27. The molecule has 0 radical (unpaired) electrons. The molecule has 0 aromatic heterocycles. The second-order valence-corrected chi connectivity index (χ2v) is 6.83. The van der Waals surface area contributed by atoms with E-state index in [4.69, 9.17) is 10.5 Å². The van der Waals surface area contributed by atoms with Gasteiger partial charge in [-0.05, 0) is 43.5 Å². The van der Waals surface area contributed by atoms with Crippen molar-refractivity contribution in [3.05, 3.63) is 28.2 Å². The van der Waals surface area contributed by atoms with Gasteiger partial charge in [-0.1, -0.05) is 28.8 Å². The van der Waals surface area contributed by atoms with E-state index in [1.807, 2.05) is 25.1 Å². The summed E-state index contributed by atoms with van der Waals surface area (Å²) in [5.74, 6) is 0.730. The third-order valence-electron chi connectivity index (χ3n) is 4.28. The standard InChI is InChI=1S/C16H23BrN2O2/c1-16(18)8-4-3-5-13(16)15(20)19-10-11-9-12(21-2)6-7-14(11)17/h6-7,9,13H,3-5,8,10,18H2,1-2H3,(H,19,20). The largest absolute Gasteiger partial charge is 0.497 e. The second-order valence-electron chi connectivity index (χ2n) is 5.98. The molecule has 2 atom stereocenters. The fourth-order valence-electron chi connectivity index (χ4n) is 2.91. The van der Waals surface area contributed by atoms with Crippen LogP contribution in [0, 0.1) is 5.92 Å². The number of nitrogens with one attached hydrogen (secondary N) is 1. The molecule has 1 aliphatic carbocycles. The van der Waals surface area contributed by atoms with E-state index in [1.54, 1.807) is 7.11 Å². The van der Waals surface area contributed by atoms with Crippen LogP contribution >= 0.6 is 15.9 Å². The average Bonchev–Trinajstić information content (AvgIpc) is 2.45. The van der Waals surface area contributed by atoms with E-state index in [0.717, 1.165) is 41.5 Å². The number of nitrogens with two attached hydrogens (primary N) is 1. The van der Waals surface area contributed by atoms with Gasteiger partial charge >= 0.3 is 0 Å². The summed E-state index contributed by atoms with van der Waals surface area (Å²) >= 11 is 3.50.